The highest BCUT2D eigenvalue weighted by molar-refractivity contribution is 7.89. The number of benzene rings is 2. The summed E-state index contributed by atoms with van der Waals surface area (Å²) in [6.45, 7) is 5.32. The van der Waals surface area contributed by atoms with Crippen LogP contribution < -0.4 is 9.64 Å². The molecule has 4 rings (SSSR count). The monoisotopic (exact) mass is 424 g/mol. The minimum atomic E-state index is -3.53. The number of aromatic nitrogens is 2. The summed E-state index contributed by atoms with van der Waals surface area (Å²) in [5.74, 6) is 1.87. The molecule has 0 spiro atoms. The highest BCUT2D eigenvalue weighted by Crippen LogP contribution is 2.26. The molecule has 2 aromatic carbocycles. The van der Waals surface area contributed by atoms with Gasteiger partial charge in [0.25, 0.3) is 0 Å². The fourth-order valence-corrected chi connectivity index (χ4v) is 5.13. The predicted octanol–water partition coefficient (Wildman–Crippen LogP) is 3.48. The van der Waals surface area contributed by atoms with Crippen LogP contribution in [-0.2, 0) is 10.0 Å². The van der Waals surface area contributed by atoms with Crippen LogP contribution in [0.2, 0.25) is 0 Å². The summed E-state index contributed by atoms with van der Waals surface area (Å²) in [4.78, 5) is 10.9. The van der Waals surface area contributed by atoms with Gasteiger partial charge in [0.2, 0.25) is 15.9 Å². The normalized spacial score (nSPS) is 17.7. The van der Waals surface area contributed by atoms with Gasteiger partial charge in [-0.15, -0.1) is 0 Å². The Morgan fingerprint density at radius 2 is 1.73 bits per heavy atom. The molecule has 8 heteroatoms. The number of anilines is 1. The van der Waals surface area contributed by atoms with Crippen molar-refractivity contribution in [1.29, 1.82) is 0 Å². The number of ether oxygens (including phenoxy) is 1. The molecule has 0 saturated carbocycles. The van der Waals surface area contributed by atoms with Crippen molar-refractivity contribution in [3.05, 3.63) is 72.6 Å². The lowest BCUT2D eigenvalue weighted by molar-refractivity contribution is 0.305. The summed E-state index contributed by atoms with van der Waals surface area (Å²) in [6, 6.07) is 18.0. The van der Waals surface area contributed by atoms with Gasteiger partial charge in [0.1, 0.15) is 17.9 Å². The number of nitrogens with zero attached hydrogens (tertiary/aromatic N) is 4. The van der Waals surface area contributed by atoms with E-state index >= 15 is 0 Å². The maximum absolute atomic E-state index is 13.1. The Labute approximate surface area is 177 Å². The Morgan fingerprint density at radius 3 is 2.43 bits per heavy atom. The molecule has 1 aliphatic heterocycles. The fraction of sp³-hybridized carbons (Fsp3) is 0.273. The van der Waals surface area contributed by atoms with E-state index in [0.717, 1.165) is 11.4 Å². The first-order valence-corrected chi connectivity index (χ1v) is 11.3. The van der Waals surface area contributed by atoms with Gasteiger partial charge in [0.05, 0.1) is 4.90 Å². The quantitative estimate of drug-likeness (QED) is 0.624. The van der Waals surface area contributed by atoms with Crippen molar-refractivity contribution in [2.45, 2.75) is 24.8 Å². The van der Waals surface area contributed by atoms with Gasteiger partial charge < -0.3 is 9.64 Å². The van der Waals surface area contributed by atoms with Gasteiger partial charge >= 0.3 is 0 Å². The molecule has 2 heterocycles. The number of rotatable bonds is 5. The topological polar surface area (TPSA) is 75.6 Å². The summed E-state index contributed by atoms with van der Waals surface area (Å²) in [7, 11) is -3.53. The molecule has 7 nitrogen and oxygen atoms in total. The van der Waals surface area contributed by atoms with Crippen molar-refractivity contribution in [3.8, 4) is 11.6 Å². The number of para-hydroxylation sites is 1. The summed E-state index contributed by atoms with van der Waals surface area (Å²) < 4.78 is 33.5. The highest BCUT2D eigenvalue weighted by atomic mass is 32.2. The third kappa shape index (κ3) is 4.29. The minimum Gasteiger partial charge on any atom is -0.439 e. The molecular weight excluding hydrogens is 400 g/mol. The first-order valence-electron chi connectivity index (χ1n) is 9.82. The molecule has 156 valence electrons. The Kier molecular flexibility index (Phi) is 5.69. The van der Waals surface area contributed by atoms with E-state index in [2.05, 4.69) is 14.9 Å². The van der Waals surface area contributed by atoms with E-state index in [9.17, 15) is 8.42 Å². The van der Waals surface area contributed by atoms with Crippen LogP contribution in [0.15, 0.2) is 71.9 Å². The second-order valence-electron chi connectivity index (χ2n) is 7.35. The molecule has 1 aliphatic rings. The largest absolute Gasteiger partial charge is 0.439 e. The van der Waals surface area contributed by atoms with Crippen molar-refractivity contribution >= 4 is 15.8 Å². The molecule has 1 saturated heterocycles. The van der Waals surface area contributed by atoms with Crippen molar-refractivity contribution in [1.82, 2.24) is 14.3 Å². The SMILES string of the molecule is Cc1ccc(S(=O)(=O)N2CCN(c3cc(Oc4ccccc4)ncn3)C[C@@H]2C)cc1. The molecule has 0 aliphatic carbocycles. The van der Waals surface area contributed by atoms with Crippen molar-refractivity contribution in [2.75, 3.05) is 24.5 Å². The lowest BCUT2D eigenvalue weighted by Gasteiger charge is -2.39. The van der Waals surface area contributed by atoms with E-state index in [1.807, 2.05) is 56.3 Å². The Bertz CT molecular complexity index is 1100. The van der Waals surface area contributed by atoms with Crippen molar-refractivity contribution in [2.24, 2.45) is 0 Å². The second-order valence-corrected chi connectivity index (χ2v) is 9.24. The van der Waals surface area contributed by atoms with Gasteiger partial charge in [-0.3, -0.25) is 0 Å². The molecule has 0 radical (unpaired) electrons. The molecule has 3 aromatic rings. The highest BCUT2D eigenvalue weighted by Gasteiger charge is 2.34. The zero-order valence-electron chi connectivity index (χ0n) is 17.0. The van der Waals surface area contributed by atoms with Gasteiger partial charge in [0, 0.05) is 31.7 Å². The van der Waals surface area contributed by atoms with E-state index in [0.29, 0.717) is 36.2 Å². The smallest absolute Gasteiger partial charge is 0.243 e. The standard InChI is InChI=1S/C22H24N4O3S/c1-17-8-10-20(11-9-17)30(27,28)26-13-12-25(15-18(26)2)21-14-22(24-16-23-21)29-19-6-4-3-5-7-19/h3-11,14,16,18H,12-13,15H2,1-2H3/t18-/m0/s1. The average Bonchev–Trinajstić information content (AvgIpc) is 2.75. The van der Waals surface area contributed by atoms with Crippen LogP contribution in [0.4, 0.5) is 5.82 Å². The fourth-order valence-electron chi connectivity index (χ4n) is 3.52. The van der Waals surface area contributed by atoms with Gasteiger partial charge in [0.15, 0.2) is 0 Å². The molecule has 30 heavy (non-hydrogen) atoms. The molecule has 1 aromatic heterocycles. The third-order valence-electron chi connectivity index (χ3n) is 5.11. The Balaban J connectivity index is 1.48. The predicted molar refractivity (Wildman–Crippen MR) is 115 cm³/mol. The molecule has 1 fully saturated rings. The molecule has 0 N–H and O–H groups in total. The van der Waals surface area contributed by atoms with Gasteiger partial charge in [-0.25, -0.2) is 18.4 Å². The van der Waals surface area contributed by atoms with Crippen molar-refractivity contribution in [3.63, 3.8) is 0 Å². The first kappa shape index (κ1) is 20.3. The summed E-state index contributed by atoms with van der Waals surface area (Å²) in [5.41, 5.74) is 1.03. The number of sulfonamides is 1. The van der Waals surface area contributed by atoms with E-state index < -0.39 is 10.0 Å². The number of hydrogen-bond acceptors (Lipinski definition) is 6. The second kappa shape index (κ2) is 8.41. The lowest BCUT2D eigenvalue weighted by atomic mass is 10.2. The van der Waals surface area contributed by atoms with Gasteiger partial charge in [-0.1, -0.05) is 35.9 Å². The summed E-state index contributed by atoms with van der Waals surface area (Å²) >= 11 is 0. The number of hydrogen-bond donors (Lipinski definition) is 0. The number of aryl methyl sites for hydroxylation is 1. The van der Waals surface area contributed by atoms with Crippen LogP contribution in [0, 0.1) is 6.92 Å². The molecule has 0 bridgehead atoms. The van der Waals surface area contributed by atoms with Crippen LogP contribution in [0.3, 0.4) is 0 Å². The zero-order chi connectivity index (χ0) is 21.1. The van der Waals surface area contributed by atoms with Crippen LogP contribution in [0.5, 0.6) is 11.6 Å². The van der Waals surface area contributed by atoms with Gasteiger partial charge in [-0.2, -0.15) is 4.31 Å². The molecule has 1 atom stereocenters. The molecule has 0 unspecified atom stereocenters. The van der Waals surface area contributed by atoms with E-state index in [1.54, 1.807) is 22.5 Å². The third-order valence-corrected chi connectivity index (χ3v) is 7.14. The maximum atomic E-state index is 13.1. The van der Waals surface area contributed by atoms with Crippen LogP contribution >= 0.6 is 0 Å². The summed E-state index contributed by atoms with van der Waals surface area (Å²) in [5, 5.41) is 0. The zero-order valence-corrected chi connectivity index (χ0v) is 17.8. The summed E-state index contributed by atoms with van der Waals surface area (Å²) in [6.07, 6.45) is 1.47. The number of piperazine rings is 1. The Hall–Kier alpha value is -2.97. The van der Waals surface area contributed by atoms with Crippen molar-refractivity contribution < 1.29 is 13.2 Å². The minimum absolute atomic E-state index is 0.196. The van der Waals surface area contributed by atoms with Crippen LogP contribution in [-0.4, -0.2) is 48.4 Å². The van der Waals surface area contributed by atoms with E-state index in [4.69, 9.17) is 4.74 Å². The first-order chi connectivity index (χ1) is 14.4. The Morgan fingerprint density at radius 1 is 1.00 bits per heavy atom. The van der Waals surface area contributed by atoms with E-state index in [-0.39, 0.29) is 6.04 Å². The average molecular weight is 425 g/mol. The molecular formula is C22H24N4O3S. The maximum Gasteiger partial charge on any atom is 0.243 e. The lowest BCUT2D eigenvalue weighted by Crippen LogP contribution is -2.54. The van der Waals surface area contributed by atoms with E-state index in [1.165, 1.54) is 6.33 Å². The van der Waals surface area contributed by atoms with Crippen LogP contribution in [0.1, 0.15) is 12.5 Å². The molecule has 0 amide bonds. The van der Waals surface area contributed by atoms with Gasteiger partial charge in [-0.05, 0) is 38.1 Å². The van der Waals surface area contributed by atoms with Crippen LogP contribution in [0.25, 0.3) is 0 Å².